The largest absolute Gasteiger partial charge is 0.316 e. The Bertz CT molecular complexity index is 534. The van der Waals surface area contributed by atoms with Crippen LogP contribution in [0, 0.1) is 13.8 Å². The van der Waals surface area contributed by atoms with Crippen LogP contribution in [0.5, 0.6) is 0 Å². The molecule has 0 aromatic heterocycles. The summed E-state index contributed by atoms with van der Waals surface area (Å²) in [5, 5.41) is 3.19. The molecule has 0 saturated carbocycles. The summed E-state index contributed by atoms with van der Waals surface area (Å²) < 4.78 is 0. The standard InChI is InChI=1S/C16H19NS/c1-12-5-4-6-15(9-12)18-16-8-7-14(11-17-3)13(2)10-16/h4-10,17H,11H2,1-3H3. The van der Waals surface area contributed by atoms with Crippen LogP contribution in [0.4, 0.5) is 0 Å². The van der Waals surface area contributed by atoms with Crippen molar-refractivity contribution in [2.45, 2.75) is 30.2 Å². The minimum atomic E-state index is 0.932. The fourth-order valence-electron chi connectivity index (χ4n) is 1.94. The van der Waals surface area contributed by atoms with Crippen LogP contribution in [0.1, 0.15) is 16.7 Å². The Hall–Kier alpha value is -1.25. The van der Waals surface area contributed by atoms with Crippen molar-refractivity contribution in [3.8, 4) is 0 Å². The van der Waals surface area contributed by atoms with Crippen LogP contribution < -0.4 is 5.32 Å². The molecule has 0 aliphatic heterocycles. The number of hydrogen-bond acceptors (Lipinski definition) is 2. The van der Waals surface area contributed by atoms with Crippen molar-refractivity contribution in [1.29, 1.82) is 0 Å². The SMILES string of the molecule is CNCc1ccc(Sc2cccc(C)c2)cc1C. The van der Waals surface area contributed by atoms with Gasteiger partial charge in [0.1, 0.15) is 0 Å². The first kappa shape index (κ1) is 13.2. The molecule has 0 fully saturated rings. The molecule has 0 amide bonds. The van der Waals surface area contributed by atoms with Crippen LogP contribution in [-0.4, -0.2) is 7.05 Å². The van der Waals surface area contributed by atoms with Gasteiger partial charge in [0, 0.05) is 16.3 Å². The quantitative estimate of drug-likeness (QED) is 0.882. The van der Waals surface area contributed by atoms with Gasteiger partial charge in [-0.2, -0.15) is 0 Å². The van der Waals surface area contributed by atoms with Gasteiger partial charge in [0.05, 0.1) is 0 Å². The van der Waals surface area contributed by atoms with Gasteiger partial charge in [-0.1, -0.05) is 35.5 Å². The summed E-state index contributed by atoms with van der Waals surface area (Å²) in [4.78, 5) is 2.61. The lowest BCUT2D eigenvalue weighted by Gasteiger charge is -2.08. The number of aryl methyl sites for hydroxylation is 2. The fraction of sp³-hybridized carbons (Fsp3) is 0.250. The van der Waals surface area contributed by atoms with Crippen LogP contribution in [-0.2, 0) is 6.54 Å². The molecule has 0 heterocycles. The maximum Gasteiger partial charge on any atom is 0.0205 e. The molecule has 2 aromatic carbocycles. The second-order valence-corrected chi connectivity index (χ2v) is 5.68. The summed E-state index contributed by atoms with van der Waals surface area (Å²) in [6.07, 6.45) is 0. The van der Waals surface area contributed by atoms with E-state index in [-0.39, 0.29) is 0 Å². The van der Waals surface area contributed by atoms with Crippen LogP contribution in [0.2, 0.25) is 0 Å². The molecule has 18 heavy (non-hydrogen) atoms. The molecule has 2 aromatic rings. The zero-order valence-electron chi connectivity index (χ0n) is 11.2. The van der Waals surface area contributed by atoms with Gasteiger partial charge >= 0.3 is 0 Å². The average Bonchev–Trinajstić information content (AvgIpc) is 2.33. The Balaban J connectivity index is 2.17. The highest BCUT2D eigenvalue weighted by atomic mass is 32.2. The van der Waals surface area contributed by atoms with E-state index in [0.29, 0.717) is 0 Å². The maximum atomic E-state index is 3.19. The predicted molar refractivity (Wildman–Crippen MR) is 79.2 cm³/mol. The molecular formula is C16H19NS. The van der Waals surface area contributed by atoms with E-state index >= 15 is 0 Å². The summed E-state index contributed by atoms with van der Waals surface area (Å²) in [6.45, 7) is 5.24. The Morgan fingerprint density at radius 1 is 1.00 bits per heavy atom. The Kier molecular flexibility index (Phi) is 4.45. The minimum Gasteiger partial charge on any atom is -0.316 e. The number of hydrogen-bond donors (Lipinski definition) is 1. The predicted octanol–water partition coefficient (Wildman–Crippen LogP) is 4.17. The zero-order valence-corrected chi connectivity index (χ0v) is 12.0. The van der Waals surface area contributed by atoms with Crippen LogP contribution in [0.25, 0.3) is 0 Å². The normalized spacial score (nSPS) is 10.6. The van der Waals surface area contributed by atoms with Gasteiger partial charge in [0.25, 0.3) is 0 Å². The average molecular weight is 257 g/mol. The van der Waals surface area contributed by atoms with Gasteiger partial charge in [0.15, 0.2) is 0 Å². The molecule has 1 N–H and O–H groups in total. The summed E-state index contributed by atoms with van der Waals surface area (Å²) in [5.74, 6) is 0. The van der Waals surface area contributed by atoms with Crippen molar-refractivity contribution in [2.75, 3.05) is 7.05 Å². The first-order valence-corrected chi connectivity index (χ1v) is 6.99. The molecule has 0 atom stereocenters. The van der Waals surface area contributed by atoms with Gasteiger partial charge in [-0.15, -0.1) is 0 Å². The van der Waals surface area contributed by atoms with E-state index < -0.39 is 0 Å². The third-order valence-electron chi connectivity index (χ3n) is 2.91. The third kappa shape index (κ3) is 3.37. The maximum absolute atomic E-state index is 3.19. The van der Waals surface area contributed by atoms with E-state index in [1.807, 2.05) is 18.8 Å². The lowest BCUT2D eigenvalue weighted by molar-refractivity contribution is 0.811. The van der Waals surface area contributed by atoms with Crippen molar-refractivity contribution in [3.05, 3.63) is 59.2 Å². The molecule has 2 rings (SSSR count). The smallest absolute Gasteiger partial charge is 0.0205 e. The van der Waals surface area contributed by atoms with E-state index in [2.05, 4.69) is 61.6 Å². The number of nitrogens with one attached hydrogen (secondary N) is 1. The minimum absolute atomic E-state index is 0.932. The van der Waals surface area contributed by atoms with Gasteiger partial charge in [-0.05, 0) is 56.3 Å². The second-order valence-electron chi connectivity index (χ2n) is 4.54. The zero-order chi connectivity index (χ0) is 13.0. The van der Waals surface area contributed by atoms with E-state index in [0.717, 1.165) is 6.54 Å². The van der Waals surface area contributed by atoms with Crippen molar-refractivity contribution in [3.63, 3.8) is 0 Å². The Morgan fingerprint density at radius 3 is 2.44 bits per heavy atom. The lowest BCUT2D eigenvalue weighted by Crippen LogP contribution is -2.06. The Labute approximate surface area is 114 Å². The fourth-order valence-corrected chi connectivity index (χ4v) is 2.97. The molecule has 0 aliphatic rings. The highest BCUT2D eigenvalue weighted by molar-refractivity contribution is 7.99. The highest BCUT2D eigenvalue weighted by Gasteiger charge is 2.01. The summed E-state index contributed by atoms with van der Waals surface area (Å²) in [7, 11) is 1.98. The topological polar surface area (TPSA) is 12.0 Å². The number of rotatable bonds is 4. The van der Waals surface area contributed by atoms with Crippen molar-refractivity contribution in [1.82, 2.24) is 5.32 Å². The summed E-state index contributed by atoms with van der Waals surface area (Å²) in [5.41, 5.74) is 4.02. The van der Waals surface area contributed by atoms with Gasteiger partial charge in [0.2, 0.25) is 0 Å². The highest BCUT2D eigenvalue weighted by Crippen LogP contribution is 2.29. The van der Waals surface area contributed by atoms with Gasteiger partial charge in [-0.3, -0.25) is 0 Å². The van der Waals surface area contributed by atoms with Crippen LogP contribution in [0.15, 0.2) is 52.3 Å². The van der Waals surface area contributed by atoms with Crippen LogP contribution >= 0.6 is 11.8 Å². The van der Waals surface area contributed by atoms with E-state index in [1.54, 1.807) is 0 Å². The van der Waals surface area contributed by atoms with Crippen molar-refractivity contribution < 1.29 is 0 Å². The lowest BCUT2D eigenvalue weighted by atomic mass is 10.1. The molecule has 0 aliphatic carbocycles. The van der Waals surface area contributed by atoms with Crippen molar-refractivity contribution >= 4 is 11.8 Å². The molecule has 2 heteroatoms. The van der Waals surface area contributed by atoms with E-state index in [4.69, 9.17) is 0 Å². The van der Waals surface area contributed by atoms with E-state index in [9.17, 15) is 0 Å². The molecule has 1 nitrogen and oxygen atoms in total. The monoisotopic (exact) mass is 257 g/mol. The third-order valence-corrected chi connectivity index (χ3v) is 3.89. The first-order valence-electron chi connectivity index (χ1n) is 6.17. The summed E-state index contributed by atoms with van der Waals surface area (Å²) >= 11 is 1.82. The van der Waals surface area contributed by atoms with Gasteiger partial charge < -0.3 is 5.32 Å². The van der Waals surface area contributed by atoms with Crippen molar-refractivity contribution in [2.24, 2.45) is 0 Å². The number of benzene rings is 2. The van der Waals surface area contributed by atoms with Crippen LogP contribution in [0.3, 0.4) is 0 Å². The van der Waals surface area contributed by atoms with Gasteiger partial charge in [-0.25, -0.2) is 0 Å². The molecule has 0 radical (unpaired) electrons. The van der Waals surface area contributed by atoms with E-state index in [1.165, 1.54) is 26.5 Å². The molecular weight excluding hydrogens is 238 g/mol. The second kappa shape index (κ2) is 6.07. The molecule has 94 valence electrons. The summed E-state index contributed by atoms with van der Waals surface area (Å²) in [6, 6.07) is 15.3. The molecule has 0 unspecified atom stereocenters. The molecule has 0 bridgehead atoms. The first-order chi connectivity index (χ1) is 8.69. The molecule has 0 saturated heterocycles. The Morgan fingerprint density at radius 2 is 1.78 bits per heavy atom. The molecule has 0 spiro atoms.